The van der Waals surface area contributed by atoms with Gasteiger partial charge in [0.05, 0.1) is 11.9 Å². The first-order valence-corrected chi connectivity index (χ1v) is 5.21. The first kappa shape index (κ1) is 10.7. The van der Waals surface area contributed by atoms with Gasteiger partial charge in [0.2, 0.25) is 5.95 Å². The summed E-state index contributed by atoms with van der Waals surface area (Å²) in [6.45, 7) is 6.32. The van der Waals surface area contributed by atoms with Crippen molar-refractivity contribution >= 4 is 5.95 Å². The molecule has 4 N–H and O–H groups in total. The van der Waals surface area contributed by atoms with E-state index < -0.39 is 0 Å². The van der Waals surface area contributed by atoms with Gasteiger partial charge < -0.3 is 4.98 Å². The van der Waals surface area contributed by atoms with Crippen LogP contribution < -0.4 is 11.3 Å². The predicted octanol–water partition coefficient (Wildman–Crippen LogP) is 2.29. The molecule has 0 spiro atoms. The molecule has 0 amide bonds. The SMILES string of the molecule is Cc1cc(C)c(-c2cnc(NN)[nH]2)cc1C. The molecule has 0 radical (unpaired) electrons. The molecule has 4 nitrogen and oxygen atoms in total. The lowest BCUT2D eigenvalue weighted by Crippen LogP contribution is -2.07. The van der Waals surface area contributed by atoms with Gasteiger partial charge >= 0.3 is 0 Å². The second kappa shape index (κ2) is 3.98. The summed E-state index contributed by atoms with van der Waals surface area (Å²) < 4.78 is 0. The number of rotatable bonds is 2. The van der Waals surface area contributed by atoms with Gasteiger partial charge in [-0.1, -0.05) is 6.07 Å². The van der Waals surface area contributed by atoms with Crippen LogP contribution in [0.4, 0.5) is 5.95 Å². The zero-order valence-electron chi connectivity index (χ0n) is 9.76. The summed E-state index contributed by atoms with van der Waals surface area (Å²) in [7, 11) is 0. The zero-order valence-corrected chi connectivity index (χ0v) is 9.76. The van der Waals surface area contributed by atoms with Crippen molar-refractivity contribution in [2.24, 2.45) is 5.84 Å². The maximum absolute atomic E-state index is 5.29. The zero-order chi connectivity index (χ0) is 11.7. The van der Waals surface area contributed by atoms with E-state index in [0.29, 0.717) is 5.95 Å². The molecule has 0 atom stereocenters. The molecule has 1 aromatic carbocycles. The van der Waals surface area contributed by atoms with E-state index in [1.807, 2.05) is 0 Å². The van der Waals surface area contributed by atoms with E-state index in [2.05, 4.69) is 48.3 Å². The minimum absolute atomic E-state index is 0.577. The Balaban J connectivity index is 2.51. The molecule has 84 valence electrons. The summed E-state index contributed by atoms with van der Waals surface area (Å²) in [6.07, 6.45) is 1.78. The van der Waals surface area contributed by atoms with Gasteiger partial charge in [0.25, 0.3) is 0 Å². The number of hydrogen-bond acceptors (Lipinski definition) is 3. The minimum atomic E-state index is 0.577. The smallest absolute Gasteiger partial charge is 0.215 e. The van der Waals surface area contributed by atoms with Crippen molar-refractivity contribution < 1.29 is 0 Å². The van der Waals surface area contributed by atoms with Crippen LogP contribution in [0, 0.1) is 20.8 Å². The molecule has 0 aliphatic carbocycles. The summed E-state index contributed by atoms with van der Waals surface area (Å²) in [4.78, 5) is 7.23. The molecule has 0 aliphatic rings. The van der Waals surface area contributed by atoms with E-state index in [1.165, 1.54) is 16.7 Å². The summed E-state index contributed by atoms with van der Waals surface area (Å²) in [5, 5.41) is 0. The number of aryl methyl sites for hydroxylation is 3. The lowest BCUT2D eigenvalue weighted by Gasteiger charge is -2.07. The van der Waals surface area contributed by atoms with Crippen LogP contribution in [0.2, 0.25) is 0 Å². The molecule has 2 rings (SSSR count). The fourth-order valence-electron chi connectivity index (χ4n) is 1.78. The summed E-state index contributed by atoms with van der Waals surface area (Å²) in [5.41, 5.74) is 8.45. The van der Waals surface area contributed by atoms with Crippen LogP contribution in [0.5, 0.6) is 0 Å². The molecular formula is C12H16N4. The molecule has 0 saturated heterocycles. The maximum atomic E-state index is 5.29. The second-order valence-electron chi connectivity index (χ2n) is 4.04. The molecule has 2 aromatic rings. The third-order valence-electron chi connectivity index (χ3n) is 2.84. The molecule has 16 heavy (non-hydrogen) atoms. The Bertz CT molecular complexity index is 514. The van der Waals surface area contributed by atoms with E-state index >= 15 is 0 Å². The number of nitrogens with two attached hydrogens (primary N) is 1. The number of H-pyrrole nitrogens is 1. The van der Waals surface area contributed by atoms with Crippen molar-refractivity contribution in [3.05, 3.63) is 35.0 Å². The summed E-state index contributed by atoms with van der Waals surface area (Å²) in [5.74, 6) is 5.87. The molecule has 0 unspecified atom stereocenters. The third-order valence-corrected chi connectivity index (χ3v) is 2.84. The molecule has 4 heteroatoms. The lowest BCUT2D eigenvalue weighted by molar-refractivity contribution is 1.20. The van der Waals surface area contributed by atoms with E-state index in [0.717, 1.165) is 11.3 Å². The number of aromatic nitrogens is 2. The van der Waals surface area contributed by atoms with Crippen LogP contribution in [0.1, 0.15) is 16.7 Å². The Hall–Kier alpha value is -1.81. The number of nitrogen functional groups attached to an aromatic ring is 1. The van der Waals surface area contributed by atoms with Crippen LogP contribution in [0.15, 0.2) is 18.3 Å². The van der Waals surface area contributed by atoms with Crippen LogP contribution in [0.25, 0.3) is 11.3 Å². The number of hydrazine groups is 1. The van der Waals surface area contributed by atoms with Crippen LogP contribution in [-0.4, -0.2) is 9.97 Å². The van der Waals surface area contributed by atoms with Crippen LogP contribution in [-0.2, 0) is 0 Å². The Labute approximate surface area is 94.9 Å². The average molecular weight is 216 g/mol. The topological polar surface area (TPSA) is 66.7 Å². The van der Waals surface area contributed by atoms with Gasteiger partial charge in [-0.25, -0.2) is 10.8 Å². The van der Waals surface area contributed by atoms with Gasteiger partial charge in [0.1, 0.15) is 0 Å². The summed E-state index contributed by atoms with van der Waals surface area (Å²) in [6, 6.07) is 4.35. The normalized spacial score (nSPS) is 10.5. The Morgan fingerprint density at radius 3 is 2.44 bits per heavy atom. The van der Waals surface area contributed by atoms with E-state index in [9.17, 15) is 0 Å². The van der Waals surface area contributed by atoms with Crippen molar-refractivity contribution in [3.63, 3.8) is 0 Å². The largest absolute Gasteiger partial charge is 0.323 e. The van der Waals surface area contributed by atoms with Gasteiger partial charge in [0, 0.05) is 5.56 Å². The molecule has 0 fully saturated rings. The standard InChI is InChI=1S/C12H16N4/c1-7-4-9(3)10(5-8(7)2)11-6-14-12(15-11)16-13/h4-6H,13H2,1-3H3,(H2,14,15,16). The predicted molar refractivity (Wildman–Crippen MR) is 66.0 cm³/mol. The maximum Gasteiger partial charge on any atom is 0.215 e. The van der Waals surface area contributed by atoms with E-state index in [4.69, 9.17) is 5.84 Å². The lowest BCUT2D eigenvalue weighted by atomic mass is 9.99. The van der Waals surface area contributed by atoms with Gasteiger partial charge in [-0.05, 0) is 43.5 Å². The third kappa shape index (κ3) is 1.79. The number of anilines is 1. The first-order chi connectivity index (χ1) is 7.61. The van der Waals surface area contributed by atoms with Crippen molar-refractivity contribution in [1.29, 1.82) is 0 Å². The highest BCUT2D eigenvalue weighted by Gasteiger charge is 2.07. The van der Waals surface area contributed by atoms with Crippen LogP contribution in [0.3, 0.4) is 0 Å². The van der Waals surface area contributed by atoms with Crippen molar-refractivity contribution in [1.82, 2.24) is 9.97 Å². The minimum Gasteiger partial charge on any atom is -0.323 e. The molecule has 0 bridgehead atoms. The van der Waals surface area contributed by atoms with Gasteiger partial charge in [0.15, 0.2) is 0 Å². The molecule has 1 heterocycles. The van der Waals surface area contributed by atoms with Gasteiger partial charge in [-0.3, -0.25) is 5.43 Å². The molecular weight excluding hydrogens is 200 g/mol. The monoisotopic (exact) mass is 216 g/mol. The van der Waals surface area contributed by atoms with E-state index in [-0.39, 0.29) is 0 Å². The number of aromatic amines is 1. The molecule has 1 aromatic heterocycles. The number of hydrogen-bond donors (Lipinski definition) is 3. The Morgan fingerprint density at radius 1 is 1.12 bits per heavy atom. The molecule has 0 aliphatic heterocycles. The Kier molecular flexibility index (Phi) is 2.66. The second-order valence-corrected chi connectivity index (χ2v) is 4.04. The number of nitrogens with zero attached hydrogens (tertiary/aromatic N) is 1. The van der Waals surface area contributed by atoms with Crippen molar-refractivity contribution in [3.8, 4) is 11.3 Å². The van der Waals surface area contributed by atoms with Gasteiger partial charge in [-0.2, -0.15) is 0 Å². The number of nitrogens with one attached hydrogen (secondary N) is 2. The van der Waals surface area contributed by atoms with Crippen molar-refractivity contribution in [2.75, 3.05) is 5.43 Å². The highest BCUT2D eigenvalue weighted by molar-refractivity contribution is 5.66. The first-order valence-electron chi connectivity index (χ1n) is 5.21. The molecule has 0 saturated carbocycles. The Morgan fingerprint density at radius 2 is 1.81 bits per heavy atom. The van der Waals surface area contributed by atoms with E-state index in [1.54, 1.807) is 6.20 Å². The highest BCUT2D eigenvalue weighted by atomic mass is 15.3. The fourth-order valence-corrected chi connectivity index (χ4v) is 1.78. The van der Waals surface area contributed by atoms with Gasteiger partial charge in [-0.15, -0.1) is 0 Å². The fraction of sp³-hybridized carbons (Fsp3) is 0.250. The average Bonchev–Trinajstić information content (AvgIpc) is 2.71. The van der Waals surface area contributed by atoms with Crippen molar-refractivity contribution in [2.45, 2.75) is 20.8 Å². The number of benzene rings is 1. The highest BCUT2D eigenvalue weighted by Crippen LogP contribution is 2.25. The summed E-state index contributed by atoms with van der Waals surface area (Å²) >= 11 is 0. The number of imidazole rings is 1. The quantitative estimate of drug-likeness (QED) is 0.533. The van der Waals surface area contributed by atoms with Crippen LogP contribution >= 0.6 is 0 Å².